The highest BCUT2D eigenvalue weighted by atomic mass is 35.5. The van der Waals surface area contributed by atoms with Gasteiger partial charge >= 0.3 is 6.03 Å². The Morgan fingerprint density at radius 1 is 1.23 bits per heavy atom. The maximum Gasteiger partial charge on any atom is 0.329 e. The van der Waals surface area contributed by atoms with Crippen molar-refractivity contribution in [3.05, 3.63) is 74.4 Å². The van der Waals surface area contributed by atoms with E-state index in [-0.39, 0.29) is 24.0 Å². The molecule has 0 aliphatic carbocycles. The summed E-state index contributed by atoms with van der Waals surface area (Å²) in [6.45, 7) is 3.95. The van der Waals surface area contributed by atoms with Crippen LogP contribution in [-0.4, -0.2) is 27.9 Å². The van der Waals surface area contributed by atoms with Gasteiger partial charge in [-0.3, -0.25) is 19.8 Å². The minimum atomic E-state index is -0.563. The monoisotopic (exact) mass is 429 g/mol. The number of nitro benzene ring substituents is 1. The average molecular weight is 430 g/mol. The van der Waals surface area contributed by atoms with E-state index in [1.165, 1.54) is 30.3 Å². The van der Waals surface area contributed by atoms with Crippen LogP contribution in [0.25, 0.3) is 6.08 Å². The third kappa shape index (κ3) is 4.77. The normalized spacial score (nSPS) is 16.0. The van der Waals surface area contributed by atoms with E-state index >= 15 is 0 Å². The fraction of sp³-hybridized carbons (Fsp3) is 0.238. The van der Waals surface area contributed by atoms with Gasteiger partial charge in [-0.2, -0.15) is 0 Å². The van der Waals surface area contributed by atoms with Crippen molar-refractivity contribution in [2.75, 3.05) is 0 Å². The molecule has 0 spiro atoms. The molecule has 1 unspecified atom stereocenters. The number of hydrogen-bond acceptors (Lipinski definition) is 5. The van der Waals surface area contributed by atoms with Crippen molar-refractivity contribution in [3.8, 4) is 5.75 Å². The summed E-state index contributed by atoms with van der Waals surface area (Å²) in [5.41, 5.74) is 1.29. The molecule has 0 radical (unpaired) electrons. The van der Waals surface area contributed by atoms with Gasteiger partial charge in [0.25, 0.3) is 11.6 Å². The molecule has 2 aromatic rings. The van der Waals surface area contributed by atoms with E-state index in [9.17, 15) is 19.7 Å². The average Bonchev–Trinajstić information content (AvgIpc) is 2.97. The van der Waals surface area contributed by atoms with Gasteiger partial charge < -0.3 is 10.1 Å². The van der Waals surface area contributed by atoms with Gasteiger partial charge in [0.2, 0.25) is 0 Å². The van der Waals surface area contributed by atoms with Crippen LogP contribution in [0, 0.1) is 10.1 Å². The van der Waals surface area contributed by atoms with Crippen LogP contribution in [0.15, 0.2) is 48.2 Å². The van der Waals surface area contributed by atoms with Gasteiger partial charge in [-0.05, 0) is 42.7 Å². The number of benzene rings is 2. The summed E-state index contributed by atoms with van der Waals surface area (Å²) in [5.74, 6) is 0.0594. The van der Waals surface area contributed by atoms with E-state index in [0.717, 1.165) is 11.3 Å². The summed E-state index contributed by atoms with van der Waals surface area (Å²) in [6.07, 6.45) is 2.40. The molecule has 0 bridgehead atoms. The highest BCUT2D eigenvalue weighted by Crippen LogP contribution is 2.28. The minimum Gasteiger partial charge on any atom is -0.489 e. The second kappa shape index (κ2) is 8.96. The number of hydrogen-bond donors (Lipinski definition) is 1. The van der Waals surface area contributed by atoms with Gasteiger partial charge in [0.15, 0.2) is 0 Å². The quantitative estimate of drug-likeness (QED) is 0.302. The third-order valence-electron chi connectivity index (χ3n) is 4.62. The number of carbonyl (C=O) groups is 2. The van der Waals surface area contributed by atoms with Crippen LogP contribution in [0.2, 0.25) is 5.02 Å². The summed E-state index contributed by atoms with van der Waals surface area (Å²) in [5, 5.41) is 13.7. The predicted molar refractivity (Wildman–Crippen MR) is 112 cm³/mol. The second-order valence-electron chi connectivity index (χ2n) is 6.83. The van der Waals surface area contributed by atoms with Crippen LogP contribution >= 0.6 is 11.6 Å². The molecule has 0 saturated carbocycles. The number of carbonyl (C=O) groups excluding carboxylic acids is 2. The van der Waals surface area contributed by atoms with E-state index in [0.29, 0.717) is 21.9 Å². The predicted octanol–water partition coefficient (Wildman–Crippen LogP) is 4.52. The largest absolute Gasteiger partial charge is 0.489 e. The first kappa shape index (κ1) is 21.3. The van der Waals surface area contributed by atoms with Crippen LogP contribution in [0.5, 0.6) is 5.75 Å². The molecule has 8 nitrogen and oxygen atoms in total. The molecule has 3 rings (SSSR count). The van der Waals surface area contributed by atoms with Gasteiger partial charge in [0.05, 0.1) is 22.6 Å². The summed E-state index contributed by atoms with van der Waals surface area (Å²) >= 11 is 6.27. The Kier molecular flexibility index (Phi) is 6.37. The van der Waals surface area contributed by atoms with Crippen molar-refractivity contribution in [3.63, 3.8) is 0 Å². The topological polar surface area (TPSA) is 102 Å². The van der Waals surface area contributed by atoms with E-state index in [2.05, 4.69) is 5.32 Å². The SMILES string of the molecule is CCC(C)Oc1ccc(C=C2NC(=O)N(Cc3ccc([N+](=O)[O-])cc3)C2=O)cc1Cl. The Morgan fingerprint density at radius 2 is 1.93 bits per heavy atom. The van der Waals surface area contributed by atoms with Gasteiger partial charge in [0.1, 0.15) is 11.4 Å². The van der Waals surface area contributed by atoms with E-state index < -0.39 is 16.9 Å². The first-order chi connectivity index (χ1) is 14.3. The smallest absolute Gasteiger partial charge is 0.329 e. The second-order valence-corrected chi connectivity index (χ2v) is 7.24. The summed E-state index contributed by atoms with van der Waals surface area (Å²) in [7, 11) is 0. The standard InChI is InChI=1S/C21H20ClN3O5/c1-3-13(2)30-19-9-6-15(10-17(19)22)11-18-20(26)24(21(27)23-18)12-14-4-7-16(8-5-14)25(28)29/h4-11,13H,3,12H2,1-2H3,(H,23,27). The fourth-order valence-electron chi connectivity index (χ4n) is 2.79. The number of non-ortho nitro benzene ring substituents is 1. The highest BCUT2D eigenvalue weighted by Gasteiger charge is 2.33. The number of urea groups is 1. The third-order valence-corrected chi connectivity index (χ3v) is 4.92. The van der Waals surface area contributed by atoms with Crippen LogP contribution in [-0.2, 0) is 11.3 Å². The molecule has 156 valence electrons. The Labute approximate surface area is 178 Å². The molecule has 1 aliphatic heterocycles. The molecular weight excluding hydrogens is 410 g/mol. The Morgan fingerprint density at radius 3 is 2.53 bits per heavy atom. The number of nitro groups is 1. The molecule has 1 atom stereocenters. The molecule has 30 heavy (non-hydrogen) atoms. The van der Waals surface area contributed by atoms with Crippen LogP contribution in [0.3, 0.4) is 0 Å². The minimum absolute atomic E-state index is 0.00242. The van der Waals surface area contributed by atoms with E-state index in [4.69, 9.17) is 16.3 Å². The van der Waals surface area contributed by atoms with Crippen molar-refractivity contribution < 1.29 is 19.2 Å². The molecule has 1 N–H and O–H groups in total. The molecule has 1 fully saturated rings. The molecule has 1 aliphatic rings. The lowest BCUT2D eigenvalue weighted by Crippen LogP contribution is -2.30. The first-order valence-electron chi connectivity index (χ1n) is 9.32. The maximum atomic E-state index is 12.6. The van der Waals surface area contributed by atoms with Gasteiger partial charge in [-0.15, -0.1) is 0 Å². The number of halogens is 1. The number of nitrogens with zero attached hydrogens (tertiary/aromatic N) is 2. The van der Waals surface area contributed by atoms with Crippen molar-refractivity contribution >= 4 is 35.3 Å². The summed E-state index contributed by atoms with van der Waals surface area (Å²) in [6, 6.07) is 10.2. The zero-order chi connectivity index (χ0) is 21.8. The van der Waals surface area contributed by atoms with Crippen molar-refractivity contribution in [2.45, 2.75) is 32.9 Å². The van der Waals surface area contributed by atoms with Crippen LogP contribution in [0.1, 0.15) is 31.4 Å². The molecule has 1 heterocycles. The molecule has 0 aromatic heterocycles. The fourth-order valence-corrected chi connectivity index (χ4v) is 3.02. The summed E-state index contributed by atoms with van der Waals surface area (Å²) in [4.78, 5) is 36.2. The maximum absolute atomic E-state index is 12.6. The van der Waals surface area contributed by atoms with Gasteiger partial charge in [-0.1, -0.05) is 36.7 Å². The molecular formula is C21H20ClN3O5. The Bertz CT molecular complexity index is 1020. The van der Waals surface area contributed by atoms with E-state index in [1.807, 2.05) is 13.8 Å². The molecule has 1 saturated heterocycles. The first-order valence-corrected chi connectivity index (χ1v) is 9.70. The van der Waals surface area contributed by atoms with Crippen molar-refractivity contribution in [1.82, 2.24) is 10.2 Å². The van der Waals surface area contributed by atoms with Crippen LogP contribution in [0.4, 0.5) is 10.5 Å². The highest BCUT2D eigenvalue weighted by molar-refractivity contribution is 6.32. The number of ether oxygens (including phenoxy) is 1. The van der Waals surface area contributed by atoms with Crippen molar-refractivity contribution in [2.24, 2.45) is 0 Å². The number of rotatable bonds is 7. The molecule has 2 aromatic carbocycles. The molecule has 3 amide bonds. The lowest BCUT2D eigenvalue weighted by Gasteiger charge is -2.14. The number of amides is 3. The number of nitrogens with one attached hydrogen (secondary N) is 1. The Balaban J connectivity index is 1.74. The lowest BCUT2D eigenvalue weighted by atomic mass is 10.1. The van der Waals surface area contributed by atoms with Gasteiger partial charge in [0, 0.05) is 12.1 Å². The zero-order valence-electron chi connectivity index (χ0n) is 16.4. The van der Waals surface area contributed by atoms with Crippen molar-refractivity contribution in [1.29, 1.82) is 0 Å². The Hall–Kier alpha value is -3.39. The molecule has 9 heteroatoms. The summed E-state index contributed by atoms with van der Waals surface area (Å²) < 4.78 is 5.72. The van der Waals surface area contributed by atoms with Gasteiger partial charge in [-0.25, -0.2) is 4.79 Å². The number of imide groups is 1. The van der Waals surface area contributed by atoms with Crippen LogP contribution < -0.4 is 10.1 Å². The van der Waals surface area contributed by atoms with E-state index in [1.54, 1.807) is 18.2 Å². The zero-order valence-corrected chi connectivity index (χ0v) is 17.2. The lowest BCUT2D eigenvalue weighted by molar-refractivity contribution is -0.384.